The van der Waals surface area contributed by atoms with Crippen molar-refractivity contribution < 1.29 is 4.79 Å². The van der Waals surface area contributed by atoms with E-state index in [4.69, 9.17) is 11.6 Å². The molecule has 3 rings (SSSR count). The molecule has 1 aliphatic rings. The third kappa shape index (κ3) is 3.91. The Bertz CT molecular complexity index is 660. The number of halogens is 1. The van der Waals surface area contributed by atoms with E-state index >= 15 is 0 Å². The van der Waals surface area contributed by atoms with E-state index in [0.29, 0.717) is 6.54 Å². The Morgan fingerprint density at radius 3 is 2.52 bits per heavy atom. The second-order valence-electron chi connectivity index (χ2n) is 5.86. The smallest absolute Gasteiger partial charge is 0.241 e. The lowest BCUT2D eigenvalue weighted by molar-refractivity contribution is -0.132. The van der Waals surface area contributed by atoms with Gasteiger partial charge in [-0.15, -0.1) is 0 Å². The Hall–Kier alpha value is -1.88. The first-order valence-corrected chi connectivity index (χ1v) is 8.06. The molecule has 23 heavy (non-hydrogen) atoms. The van der Waals surface area contributed by atoms with Crippen LogP contribution in [0.5, 0.6) is 0 Å². The Morgan fingerprint density at radius 1 is 1.13 bits per heavy atom. The lowest BCUT2D eigenvalue weighted by Gasteiger charge is -2.20. The van der Waals surface area contributed by atoms with Crippen LogP contribution in [0.25, 0.3) is 0 Å². The van der Waals surface area contributed by atoms with Crippen LogP contribution in [0.3, 0.4) is 0 Å². The first kappa shape index (κ1) is 16.0. The molecule has 0 radical (unpaired) electrons. The van der Waals surface area contributed by atoms with Crippen molar-refractivity contribution >= 4 is 17.5 Å². The molecule has 0 aliphatic carbocycles. The molecular formula is C18H20ClN3O. The van der Waals surface area contributed by atoms with Crippen molar-refractivity contribution in [1.29, 1.82) is 0 Å². The summed E-state index contributed by atoms with van der Waals surface area (Å²) in [4.78, 5) is 14.3. The van der Waals surface area contributed by atoms with E-state index in [1.54, 1.807) is 4.90 Å². The van der Waals surface area contributed by atoms with Crippen molar-refractivity contribution in [2.45, 2.75) is 25.0 Å². The minimum atomic E-state index is -0.218. The van der Waals surface area contributed by atoms with Gasteiger partial charge in [-0.3, -0.25) is 4.79 Å². The van der Waals surface area contributed by atoms with E-state index in [1.165, 1.54) is 0 Å². The molecule has 2 aromatic rings. The van der Waals surface area contributed by atoms with E-state index in [-0.39, 0.29) is 18.0 Å². The van der Waals surface area contributed by atoms with Crippen LogP contribution in [0.15, 0.2) is 54.6 Å². The lowest BCUT2D eigenvalue weighted by atomic mass is 10.0. The standard InChI is InChI=1S/C18H20ClN3O/c1-22(12-13-5-3-2-4-6-13)18(23)17-11-16(20-21-17)14-7-9-15(19)10-8-14/h2-10,16-17,20-21H,11-12H2,1H3. The van der Waals surface area contributed by atoms with Gasteiger partial charge >= 0.3 is 0 Å². The highest BCUT2D eigenvalue weighted by Crippen LogP contribution is 2.24. The number of benzene rings is 2. The van der Waals surface area contributed by atoms with Crippen molar-refractivity contribution in [2.24, 2.45) is 0 Å². The first-order chi connectivity index (χ1) is 11.1. The molecule has 2 atom stereocenters. The van der Waals surface area contributed by atoms with Crippen LogP contribution in [0.1, 0.15) is 23.6 Å². The summed E-state index contributed by atoms with van der Waals surface area (Å²) in [6.45, 7) is 0.615. The van der Waals surface area contributed by atoms with Gasteiger partial charge in [0.15, 0.2) is 0 Å². The number of hydrogen-bond donors (Lipinski definition) is 2. The van der Waals surface area contributed by atoms with Crippen molar-refractivity contribution in [3.05, 3.63) is 70.7 Å². The van der Waals surface area contributed by atoms with Crippen LogP contribution < -0.4 is 10.9 Å². The van der Waals surface area contributed by atoms with Crippen LogP contribution in [0.2, 0.25) is 5.02 Å². The third-order valence-electron chi connectivity index (χ3n) is 4.11. The van der Waals surface area contributed by atoms with E-state index in [9.17, 15) is 4.79 Å². The van der Waals surface area contributed by atoms with Crippen LogP contribution in [-0.4, -0.2) is 23.9 Å². The van der Waals surface area contributed by atoms with Crippen molar-refractivity contribution in [3.63, 3.8) is 0 Å². The summed E-state index contributed by atoms with van der Waals surface area (Å²) in [5, 5.41) is 0.718. The van der Waals surface area contributed by atoms with Crippen LogP contribution >= 0.6 is 11.6 Å². The van der Waals surface area contributed by atoms with Gasteiger partial charge in [0.25, 0.3) is 0 Å². The molecule has 1 saturated heterocycles. The van der Waals surface area contributed by atoms with Gasteiger partial charge in [0.2, 0.25) is 5.91 Å². The van der Waals surface area contributed by atoms with Crippen LogP contribution in [0, 0.1) is 0 Å². The topological polar surface area (TPSA) is 44.4 Å². The number of carbonyl (C=O) groups excluding carboxylic acids is 1. The Labute approximate surface area is 141 Å². The van der Waals surface area contributed by atoms with Gasteiger partial charge in [-0.25, -0.2) is 10.9 Å². The molecule has 2 aromatic carbocycles. The van der Waals surface area contributed by atoms with Gasteiger partial charge in [0, 0.05) is 24.7 Å². The number of amides is 1. The Morgan fingerprint density at radius 2 is 1.83 bits per heavy atom. The maximum Gasteiger partial charge on any atom is 0.241 e. The average molecular weight is 330 g/mol. The van der Waals surface area contributed by atoms with E-state index < -0.39 is 0 Å². The molecule has 5 heteroatoms. The molecule has 2 N–H and O–H groups in total. The largest absolute Gasteiger partial charge is 0.340 e. The predicted molar refractivity (Wildman–Crippen MR) is 91.8 cm³/mol. The normalized spacial score (nSPS) is 20.4. The fourth-order valence-electron chi connectivity index (χ4n) is 2.83. The first-order valence-electron chi connectivity index (χ1n) is 7.69. The maximum atomic E-state index is 12.6. The van der Waals surface area contributed by atoms with Crippen molar-refractivity contribution in [3.8, 4) is 0 Å². The fraction of sp³-hybridized carbons (Fsp3) is 0.278. The molecule has 1 heterocycles. The molecular weight excluding hydrogens is 310 g/mol. The molecule has 1 amide bonds. The van der Waals surface area contributed by atoms with Gasteiger partial charge in [0.1, 0.15) is 6.04 Å². The molecule has 0 spiro atoms. The van der Waals surface area contributed by atoms with Crippen molar-refractivity contribution in [2.75, 3.05) is 7.05 Å². The molecule has 120 valence electrons. The summed E-state index contributed by atoms with van der Waals surface area (Å²) in [5.41, 5.74) is 8.57. The average Bonchev–Trinajstić information content (AvgIpc) is 3.05. The van der Waals surface area contributed by atoms with Crippen molar-refractivity contribution in [1.82, 2.24) is 15.8 Å². The fourth-order valence-corrected chi connectivity index (χ4v) is 2.96. The highest BCUT2D eigenvalue weighted by molar-refractivity contribution is 6.30. The summed E-state index contributed by atoms with van der Waals surface area (Å²) in [5.74, 6) is 0.0952. The zero-order valence-electron chi connectivity index (χ0n) is 13.0. The lowest BCUT2D eigenvalue weighted by Crippen LogP contribution is -2.43. The number of hydrazine groups is 1. The summed E-state index contributed by atoms with van der Waals surface area (Å²) >= 11 is 5.92. The minimum absolute atomic E-state index is 0.0952. The molecule has 4 nitrogen and oxygen atoms in total. The Kier molecular flexibility index (Phi) is 4.96. The van der Waals surface area contributed by atoms with Gasteiger partial charge in [-0.1, -0.05) is 54.1 Å². The second-order valence-corrected chi connectivity index (χ2v) is 6.30. The van der Waals surface area contributed by atoms with Gasteiger partial charge < -0.3 is 4.90 Å². The SMILES string of the molecule is CN(Cc1ccccc1)C(=O)C1CC(c2ccc(Cl)cc2)NN1. The van der Waals surface area contributed by atoms with E-state index in [1.807, 2.05) is 61.6 Å². The highest BCUT2D eigenvalue weighted by atomic mass is 35.5. The third-order valence-corrected chi connectivity index (χ3v) is 4.36. The summed E-state index contributed by atoms with van der Waals surface area (Å²) in [6, 6.07) is 17.6. The molecule has 0 aromatic heterocycles. The quantitative estimate of drug-likeness (QED) is 0.906. The maximum absolute atomic E-state index is 12.6. The Balaban J connectivity index is 1.59. The van der Waals surface area contributed by atoms with Gasteiger partial charge in [-0.05, 0) is 29.7 Å². The van der Waals surface area contributed by atoms with E-state index in [2.05, 4.69) is 10.9 Å². The van der Waals surface area contributed by atoms with Crippen LogP contribution in [0.4, 0.5) is 0 Å². The second kappa shape index (κ2) is 7.13. The summed E-state index contributed by atoms with van der Waals surface area (Å²) < 4.78 is 0. The minimum Gasteiger partial charge on any atom is -0.340 e. The summed E-state index contributed by atoms with van der Waals surface area (Å²) in [7, 11) is 1.84. The zero-order valence-corrected chi connectivity index (χ0v) is 13.8. The molecule has 2 unspecified atom stereocenters. The predicted octanol–water partition coefficient (Wildman–Crippen LogP) is 2.91. The monoisotopic (exact) mass is 329 g/mol. The zero-order chi connectivity index (χ0) is 16.2. The number of likely N-dealkylation sites (N-methyl/N-ethyl adjacent to an activating group) is 1. The number of hydrogen-bond acceptors (Lipinski definition) is 3. The highest BCUT2D eigenvalue weighted by Gasteiger charge is 2.31. The molecule has 0 bridgehead atoms. The van der Waals surface area contributed by atoms with Gasteiger partial charge in [-0.2, -0.15) is 0 Å². The molecule has 0 saturated carbocycles. The van der Waals surface area contributed by atoms with Gasteiger partial charge in [0.05, 0.1) is 0 Å². The number of nitrogens with zero attached hydrogens (tertiary/aromatic N) is 1. The molecule has 1 fully saturated rings. The molecule has 1 aliphatic heterocycles. The number of rotatable bonds is 4. The van der Waals surface area contributed by atoms with Crippen LogP contribution in [-0.2, 0) is 11.3 Å². The number of nitrogens with one attached hydrogen (secondary N) is 2. The summed E-state index contributed by atoms with van der Waals surface area (Å²) in [6.07, 6.45) is 0.722. The number of carbonyl (C=O) groups is 1. The van der Waals surface area contributed by atoms with E-state index in [0.717, 1.165) is 22.6 Å².